The summed E-state index contributed by atoms with van der Waals surface area (Å²) in [5, 5.41) is 3.17. The summed E-state index contributed by atoms with van der Waals surface area (Å²) < 4.78 is 5.18. The number of hydrogen-bond donors (Lipinski definition) is 2. The van der Waals surface area contributed by atoms with Crippen molar-refractivity contribution in [1.29, 1.82) is 0 Å². The number of rotatable bonds is 6. The molecular formula is C20H27N3O. The molecule has 128 valence electrons. The summed E-state index contributed by atoms with van der Waals surface area (Å²) in [7, 11) is 1.68. The van der Waals surface area contributed by atoms with Crippen LogP contribution in [-0.4, -0.2) is 19.6 Å². The zero-order valence-corrected chi connectivity index (χ0v) is 15.0. The van der Waals surface area contributed by atoms with Crippen molar-refractivity contribution in [1.82, 2.24) is 0 Å². The van der Waals surface area contributed by atoms with Gasteiger partial charge in [0, 0.05) is 12.2 Å². The third-order valence-corrected chi connectivity index (χ3v) is 3.81. The fourth-order valence-electron chi connectivity index (χ4n) is 2.72. The van der Waals surface area contributed by atoms with Crippen LogP contribution in [0, 0.1) is 19.8 Å². The van der Waals surface area contributed by atoms with Gasteiger partial charge in [0.2, 0.25) is 0 Å². The molecule has 0 heterocycles. The second kappa shape index (κ2) is 8.39. The monoisotopic (exact) mass is 325 g/mol. The Morgan fingerprint density at radius 2 is 1.75 bits per heavy atom. The van der Waals surface area contributed by atoms with Gasteiger partial charge in [0.05, 0.1) is 7.11 Å². The maximum absolute atomic E-state index is 6.01. The van der Waals surface area contributed by atoms with Crippen LogP contribution in [-0.2, 0) is 6.42 Å². The van der Waals surface area contributed by atoms with Gasteiger partial charge in [-0.3, -0.25) is 4.99 Å². The van der Waals surface area contributed by atoms with Crippen LogP contribution in [0.2, 0.25) is 0 Å². The summed E-state index contributed by atoms with van der Waals surface area (Å²) in [5.74, 6) is 1.76. The number of hydrogen-bond acceptors (Lipinski definition) is 2. The van der Waals surface area contributed by atoms with Crippen LogP contribution in [0.4, 0.5) is 5.69 Å². The predicted octanol–water partition coefficient (Wildman–Crippen LogP) is 3.92. The van der Waals surface area contributed by atoms with E-state index < -0.39 is 0 Å². The van der Waals surface area contributed by atoms with Crippen molar-refractivity contribution in [3.63, 3.8) is 0 Å². The molecule has 1 unspecified atom stereocenters. The van der Waals surface area contributed by atoms with Gasteiger partial charge >= 0.3 is 0 Å². The van der Waals surface area contributed by atoms with E-state index in [1.807, 2.05) is 12.1 Å². The van der Waals surface area contributed by atoms with Crippen molar-refractivity contribution >= 4 is 11.6 Å². The molecule has 0 saturated heterocycles. The molecule has 0 aliphatic carbocycles. The third kappa shape index (κ3) is 5.61. The fraction of sp³-hybridized carbons (Fsp3) is 0.350. The minimum Gasteiger partial charge on any atom is -0.497 e. The minimum atomic E-state index is 0.415. The van der Waals surface area contributed by atoms with E-state index in [2.05, 4.69) is 61.4 Å². The molecule has 0 bridgehead atoms. The summed E-state index contributed by atoms with van der Waals surface area (Å²) >= 11 is 0. The Labute approximate surface area is 144 Å². The predicted molar refractivity (Wildman–Crippen MR) is 102 cm³/mol. The van der Waals surface area contributed by atoms with Gasteiger partial charge in [0.25, 0.3) is 0 Å². The summed E-state index contributed by atoms with van der Waals surface area (Å²) in [4.78, 5) is 4.47. The lowest BCUT2D eigenvalue weighted by atomic mass is 10.0. The highest BCUT2D eigenvalue weighted by molar-refractivity contribution is 5.92. The number of methoxy groups -OCH3 is 1. The van der Waals surface area contributed by atoms with Crippen molar-refractivity contribution in [2.75, 3.05) is 19.0 Å². The average Bonchev–Trinajstić information content (AvgIpc) is 2.53. The lowest BCUT2D eigenvalue weighted by Crippen LogP contribution is -2.24. The molecule has 0 fully saturated rings. The molecule has 4 heteroatoms. The first-order valence-electron chi connectivity index (χ1n) is 8.24. The van der Waals surface area contributed by atoms with Crippen molar-refractivity contribution in [2.24, 2.45) is 16.6 Å². The van der Waals surface area contributed by atoms with Crippen molar-refractivity contribution in [2.45, 2.75) is 27.2 Å². The quantitative estimate of drug-likeness (QED) is 0.625. The number of benzene rings is 2. The van der Waals surface area contributed by atoms with Crippen molar-refractivity contribution < 1.29 is 4.74 Å². The SMILES string of the molecule is COc1ccc(CC(C)CN=C(N)Nc2cc(C)cc(C)c2)cc1. The number of ether oxygens (including phenoxy) is 1. The number of nitrogens with one attached hydrogen (secondary N) is 1. The lowest BCUT2D eigenvalue weighted by Gasteiger charge is -2.11. The first-order valence-corrected chi connectivity index (χ1v) is 8.24. The zero-order valence-electron chi connectivity index (χ0n) is 15.0. The molecule has 0 aliphatic heterocycles. The molecule has 3 N–H and O–H groups in total. The van der Waals surface area contributed by atoms with Crippen LogP contribution in [0.3, 0.4) is 0 Å². The Morgan fingerprint density at radius 1 is 1.12 bits per heavy atom. The van der Waals surface area contributed by atoms with E-state index in [4.69, 9.17) is 10.5 Å². The maximum Gasteiger partial charge on any atom is 0.193 e. The van der Waals surface area contributed by atoms with Gasteiger partial charge in [-0.2, -0.15) is 0 Å². The highest BCUT2D eigenvalue weighted by atomic mass is 16.5. The molecule has 2 rings (SSSR count). The Balaban J connectivity index is 1.88. The standard InChI is InChI=1S/C20H27N3O/c1-14-9-15(2)12-18(11-14)23-20(21)22-13-16(3)10-17-5-7-19(24-4)8-6-17/h5-9,11-12,16H,10,13H2,1-4H3,(H3,21,22,23). The number of anilines is 1. The van der Waals surface area contributed by atoms with Gasteiger partial charge in [0.15, 0.2) is 5.96 Å². The molecule has 24 heavy (non-hydrogen) atoms. The van der Waals surface area contributed by atoms with E-state index >= 15 is 0 Å². The zero-order chi connectivity index (χ0) is 17.5. The molecule has 0 saturated carbocycles. The van der Waals surface area contributed by atoms with Crippen LogP contribution in [0.1, 0.15) is 23.6 Å². The fourth-order valence-corrected chi connectivity index (χ4v) is 2.72. The average molecular weight is 325 g/mol. The number of aryl methyl sites for hydroxylation is 2. The molecule has 0 aromatic heterocycles. The van der Waals surface area contributed by atoms with Crippen LogP contribution in [0.5, 0.6) is 5.75 Å². The first kappa shape index (κ1) is 17.9. The third-order valence-electron chi connectivity index (χ3n) is 3.81. The van der Waals surface area contributed by atoms with Crippen LogP contribution < -0.4 is 15.8 Å². The van der Waals surface area contributed by atoms with Gasteiger partial charge < -0.3 is 15.8 Å². The second-order valence-corrected chi connectivity index (χ2v) is 6.38. The van der Waals surface area contributed by atoms with E-state index in [0.717, 1.165) is 17.9 Å². The molecule has 2 aromatic carbocycles. The molecule has 2 aromatic rings. The number of guanidine groups is 1. The van der Waals surface area contributed by atoms with E-state index in [-0.39, 0.29) is 0 Å². The molecule has 1 atom stereocenters. The van der Waals surface area contributed by atoms with Gasteiger partial charge in [0.1, 0.15) is 5.75 Å². The van der Waals surface area contributed by atoms with Crippen molar-refractivity contribution in [3.8, 4) is 5.75 Å². The van der Waals surface area contributed by atoms with E-state index in [1.54, 1.807) is 7.11 Å². The summed E-state index contributed by atoms with van der Waals surface area (Å²) in [5.41, 5.74) is 10.7. The van der Waals surface area contributed by atoms with Gasteiger partial charge in [-0.05, 0) is 67.1 Å². The minimum absolute atomic E-state index is 0.415. The van der Waals surface area contributed by atoms with Crippen molar-refractivity contribution in [3.05, 3.63) is 59.2 Å². The Morgan fingerprint density at radius 3 is 2.33 bits per heavy atom. The van der Waals surface area contributed by atoms with E-state index in [9.17, 15) is 0 Å². The normalized spacial score (nSPS) is 12.8. The maximum atomic E-state index is 6.01. The summed E-state index contributed by atoms with van der Waals surface area (Å²) in [6.45, 7) is 7.01. The summed E-state index contributed by atoms with van der Waals surface area (Å²) in [6.07, 6.45) is 0.963. The van der Waals surface area contributed by atoms with Gasteiger partial charge in [-0.1, -0.05) is 25.1 Å². The molecule has 0 spiro atoms. The number of aliphatic imine (C=N–C) groups is 1. The highest BCUT2D eigenvalue weighted by Crippen LogP contribution is 2.15. The molecule has 4 nitrogen and oxygen atoms in total. The smallest absolute Gasteiger partial charge is 0.193 e. The Hall–Kier alpha value is -2.49. The van der Waals surface area contributed by atoms with Crippen LogP contribution in [0.15, 0.2) is 47.5 Å². The molecule has 0 radical (unpaired) electrons. The second-order valence-electron chi connectivity index (χ2n) is 6.38. The molecule has 0 amide bonds. The van der Waals surface area contributed by atoms with Crippen LogP contribution >= 0.6 is 0 Å². The summed E-state index contributed by atoms with van der Waals surface area (Å²) in [6, 6.07) is 14.4. The molecular weight excluding hydrogens is 298 g/mol. The Kier molecular flexibility index (Phi) is 6.24. The van der Waals surface area contributed by atoms with E-state index in [1.165, 1.54) is 16.7 Å². The first-order chi connectivity index (χ1) is 11.5. The van der Waals surface area contributed by atoms with Gasteiger partial charge in [-0.15, -0.1) is 0 Å². The Bertz CT molecular complexity index is 672. The highest BCUT2D eigenvalue weighted by Gasteiger charge is 2.04. The largest absolute Gasteiger partial charge is 0.497 e. The van der Waals surface area contributed by atoms with E-state index in [0.29, 0.717) is 18.4 Å². The lowest BCUT2D eigenvalue weighted by molar-refractivity contribution is 0.414. The number of nitrogens with zero attached hydrogens (tertiary/aromatic N) is 1. The van der Waals surface area contributed by atoms with Crippen LogP contribution in [0.25, 0.3) is 0 Å². The topological polar surface area (TPSA) is 59.6 Å². The number of nitrogens with two attached hydrogens (primary N) is 1. The van der Waals surface area contributed by atoms with Gasteiger partial charge in [-0.25, -0.2) is 0 Å². The molecule has 0 aliphatic rings.